The lowest BCUT2D eigenvalue weighted by Crippen LogP contribution is -2.30. The number of hydrogen-bond acceptors (Lipinski definition) is 3. The Hall–Kier alpha value is -3.00. The molecule has 2 aromatic rings. The van der Waals surface area contributed by atoms with E-state index in [-0.39, 0.29) is 6.03 Å². The molecule has 0 bridgehead atoms. The first-order chi connectivity index (χ1) is 11.2. The molecule has 0 radical (unpaired) electrons. The van der Waals surface area contributed by atoms with E-state index in [2.05, 4.69) is 10.6 Å². The second kappa shape index (κ2) is 8.44. The number of aryl methyl sites for hydroxylation is 1. The van der Waals surface area contributed by atoms with Gasteiger partial charge in [0.05, 0.1) is 17.9 Å². The van der Waals surface area contributed by atoms with Crippen molar-refractivity contribution >= 4 is 11.7 Å². The zero-order valence-electron chi connectivity index (χ0n) is 13.0. The molecule has 0 aliphatic heterocycles. The molecule has 2 aromatic carbocycles. The van der Waals surface area contributed by atoms with Crippen LogP contribution in [-0.2, 0) is 0 Å². The monoisotopic (exact) mass is 309 g/mol. The summed E-state index contributed by atoms with van der Waals surface area (Å²) >= 11 is 0. The third kappa shape index (κ3) is 5.04. The first kappa shape index (κ1) is 16.4. The van der Waals surface area contributed by atoms with Gasteiger partial charge in [-0.2, -0.15) is 5.26 Å². The van der Waals surface area contributed by atoms with Crippen molar-refractivity contribution in [3.63, 3.8) is 0 Å². The van der Waals surface area contributed by atoms with E-state index in [0.717, 1.165) is 11.3 Å². The average Bonchev–Trinajstić information content (AvgIpc) is 2.56. The molecule has 118 valence electrons. The van der Waals surface area contributed by atoms with Crippen LogP contribution >= 0.6 is 0 Å². The number of carbonyl (C=O) groups excluding carboxylic acids is 1. The van der Waals surface area contributed by atoms with Gasteiger partial charge in [0.25, 0.3) is 0 Å². The summed E-state index contributed by atoms with van der Waals surface area (Å²) in [7, 11) is 0. The molecular formula is C18H19N3O2. The predicted molar refractivity (Wildman–Crippen MR) is 89.5 cm³/mol. The topological polar surface area (TPSA) is 74.2 Å². The van der Waals surface area contributed by atoms with E-state index in [4.69, 9.17) is 10.00 Å². The van der Waals surface area contributed by atoms with Crippen LogP contribution in [0.3, 0.4) is 0 Å². The minimum absolute atomic E-state index is 0.330. The van der Waals surface area contributed by atoms with Crippen LogP contribution in [0.1, 0.15) is 17.5 Å². The standard InChI is InChI=1S/C18H19N3O2/c1-14-7-2-5-10-17(14)23-12-6-11-20-18(22)21-16-9-4-3-8-15(16)13-19/h2-5,7-10H,6,11-12H2,1H3,(H2,20,21,22). The summed E-state index contributed by atoms with van der Waals surface area (Å²) in [6, 6.07) is 16.4. The maximum atomic E-state index is 11.8. The molecule has 23 heavy (non-hydrogen) atoms. The number of nitriles is 1. The molecule has 0 fully saturated rings. The number of nitrogens with one attached hydrogen (secondary N) is 2. The van der Waals surface area contributed by atoms with E-state index >= 15 is 0 Å². The second-order valence-electron chi connectivity index (χ2n) is 5.01. The van der Waals surface area contributed by atoms with Gasteiger partial charge >= 0.3 is 6.03 Å². The summed E-state index contributed by atoms with van der Waals surface area (Å²) in [5, 5.41) is 14.4. The first-order valence-electron chi connectivity index (χ1n) is 7.43. The molecule has 0 aliphatic rings. The van der Waals surface area contributed by atoms with Gasteiger partial charge < -0.3 is 15.4 Å². The van der Waals surface area contributed by atoms with Crippen molar-refractivity contribution in [1.82, 2.24) is 5.32 Å². The number of anilines is 1. The quantitative estimate of drug-likeness (QED) is 0.803. The largest absolute Gasteiger partial charge is 0.493 e. The number of nitrogens with zero attached hydrogens (tertiary/aromatic N) is 1. The van der Waals surface area contributed by atoms with Gasteiger partial charge in [-0.3, -0.25) is 0 Å². The molecule has 0 atom stereocenters. The molecule has 5 heteroatoms. The van der Waals surface area contributed by atoms with E-state index in [1.807, 2.05) is 37.3 Å². The lowest BCUT2D eigenvalue weighted by Gasteiger charge is -2.10. The lowest BCUT2D eigenvalue weighted by atomic mass is 10.2. The fourth-order valence-electron chi connectivity index (χ4n) is 2.03. The summed E-state index contributed by atoms with van der Waals surface area (Å²) < 4.78 is 5.66. The Labute approximate surface area is 135 Å². The number of rotatable bonds is 6. The summed E-state index contributed by atoms with van der Waals surface area (Å²) in [6.45, 7) is 3.01. The SMILES string of the molecule is Cc1ccccc1OCCCNC(=O)Nc1ccccc1C#N. The molecular weight excluding hydrogens is 290 g/mol. The molecule has 0 aromatic heterocycles. The zero-order chi connectivity index (χ0) is 16.5. The summed E-state index contributed by atoms with van der Waals surface area (Å²) in [5.41, 5.74) is 2.03. The number of hydrogen-bond donors (Lipinski definition) is 2. The summed E-state index contributed by atoms with van der Waals surface area (Å²) in [4.78, 5) is 11.8. The van der Waals surface area contributed by atoms with Crippen LogP contribution in [0.25, 0.3) is 0 Å². The maximum absolute atomic E-state index is 11.8. The predicted octanol–water partition coefficient (Wildman–Crippen LogP) is 3.46. The molecule has 0 aliphatic carbocycles. The number of ether oxygens (including phenoxy) is 1. The molecule has 5 nitrogen and oxygen atoms in total. The van der Waals surface area contributed by atoms with E-state index in [1.54, 1.807) is 24.3 Å². The van der Waals surface area contributed by atoms with Crippen LogP contribution in [0.4, 0.5) is 10.5 Å². The highest BCUT2D eigenvalue weighted by molar-refractivity contribution is 5.90. The maximum Gasteiger partial charge on any atom is 0.319 e. The molecule has 0 unspecified atom stereocenters. The lowest BCUT2D eigenvalue weighted by molar-refractivity contribution is 0.250. The average molecular weight is 309 g/mol. The number of carbonyl (C=O) groups is 1. The Morgan fingerprint density at radius 3 is 2.70 bits per heavy atom. The third-order valence-electron chi connectivity index (χ3n) is 3.25. The van der Waals surface area contributed by atoms with Crippen LogP contribution in [-0.4, -0.2) is 19.2 Å². The summed E-state index contributed by atoms with van der Waals surface area (Å²) in [5.74, 6) is 0.861. The van der Waals surface area contributed by atoms with Gasteiger partial charge in [-0.05, 0) is 37.1 Å². The van der Waals surface area contributed by atoms with Crippen LogP contribution in [0, 0.1) is 18.3 Å². The number of urea groups is 1. The Morgan fingerprint density at radius 2 is 1.91 bits per heavy atom. The highest BCUT2D eigenvalue weighted by Crippen LogP contribution is 2.16. The first-order valence-corrected chi connectivity index (χ1v) is 7.43. The zero-order valence-corrected chi connectivity index (χ0v) is 13.0. The van der Waals surface area contributed by atoms with Crippen molar-refractivity contribution in [2.24, 2.45) is 0 Å². The van der Waals surface area contributed by atoms with E-state index in [0.29, 0.717) is 30.8 Å². The van der Waals surface area contributed by atoms with Crippen molar-refractivity contribution in [1.29, 1.82) is 5.26 Å². The Morgan fingerprint density at radius 1 is 1.17 bits per heavy atom. The van der Waals surface area contributed by atoms with E-state index < -0.39 is 0 Å². The fourth-order valence-corrected chi connectivity index (χ4v) is 2.03. The molecule has 0 saturated heterocycles. The van der Waals surface area contributed by atoms with Gasteiger partial charge in [0, 0.05) is 6.54 Å². The summed E-state index contributed by atoms with van der Waals surface area (Å²) in [6.07, 6.45) is 0.696. The number of amides is 2. The molecule has 0 heterocycles. The Balaban J connectivity index is 1.69. The van der Waals surface area contributed by atoms with Crippen LogP contribution in [0.5, 0.6) is 5.75 Å². The highest BCUT2D eigenvalue weighted by Gasteiger charge is 2.05. The van der Waals surface area contributed by atoms with Crippen LogP contribution in [0.2, 0.25) is 0 Å². The molecule has 0 saturated carbocycles. The van der Waals surface area contributed by atoms with Crippen molar-refractivity contribution in [2.45, 2.75) is 13.3 Å². The van der Waals surface area contributed by atoms with Crippen molar-refractivity contribution in [3.8, 4) is 11.8 Å². The van der Waals surface area contributed by atoms with Gasteiger partial charge in [0.1, 0.15) is 11.8 Å². The number of para-hydroxylation sites is 2. The van der Waals surface area contributed by atoms with Crippen molar-refractivity contribution in [2.75, 3.05) is 18.5 Å². The minimum Gasteiger partial charge on any atom is -0.493 e. The van der Waals surface area contributed by atoms with E-state index in [1.165, 1.54) is 0 Å². The normalized spacial score (nSPS) is 9.74. The molecule has 2 amide bonds. The van der Waals surface area contributed by atoms with Crippen LogP contribution in [0.15, 0.2) is 48.5 Å². The highest BCUT2D eigenvalue weighted by atomic mass is 16.5. The van der Waals surface area contributed by atoms with Gasteiger partial charge in [0.2, 0.25) is 0 Å². The fraction of sp³-hybridized carbons (Fsp3) is 0.222. The van der Waals surface area contributed by atoms with E-state index in [9.17, 15) is 4.79 Å². The van der Waals surface area contributed by atoms with Gasteiger partial charge in [-0.25, -0.2) is 4.79 Å². The van der Waals surface area contributed by atoms with Gasteiger partial charge in [0.15, 0.2) is 0 Å². The molecule has 2 N–H and O–H groups in total. The number of benzene rings is 2. The second-order valence-corrected chi connectivity index (χ2v) is 5.01. The molecule has 2 rings (SSSR count). The van der Waals surface area contributed by atoms with Crippen molar-refractivity contribution < 1.29 is 9.53 Å². The third-order valence-corrected chi connectivity index (χ3v) is 3.25. The smallest absolute Gasteiger partial charge is 0.319 e. The van der Waals surface area contributed by atoms with Gasteiger partial charge in [-0.15, -0.1) is 0 Å². The Kier molecular flexibility index (Phi) is 6.01. The molecule has 0 spiro atoms. The minimum atomic E-state index is -0.330. The van der Waals surface area contributed by atoms with Crippen LogP contribution < -0.4 is 15.4 Å². The van der Waals surface area contributed by atoms with Crippen molar-refractivity contribution in [3.05, 3.63) is 59.7 Å². The van der Waals surface area contributed by atoms with Gasteiger partial charge in [-0.1, -0.05) is 30.3 Å². The Bertz CT molecular complexity index is 707.